The van der Waals surface area contributed by atoms with Crippen molar-refractivity contribution in [3.05, 3.63) is 102 Å². The van der Waals surface area contributed by atoms with Crippen LogP contribution in [0.15, 0.2) is 95.9 Å². The van der Waals surface area contributed by atoms with Crippen molar-refractivity contribution >= 4 is 15.9 Å². The van der Waals surface area contributed by atoms with Crippen molar-refractivity contribution in [3.8, 4) is 0 Å². The number of carbonyl (C=O) groups excluding carboxylic acids is 1. The van der Waals surface area contributed by atoms with Crippen LogP contribution in [0.25, 0.3) is 0 Å². The van der Waals surface area contributed by atoms with Gasteiger partial charge in [-0.3, -0.25) is 4.90 Å². The number of amides is 1. The predicted molar refractivity (Wildman–Crippen MR) is 132 cm³/mol. The van der Waals surface area contributed by atoms with Gasteiger partial charge in [-0.15, -0.1) is 0 Å². The predicted octanol–water partition coefficient (Wildman–Crippen LogP) is 4.67. The molecule has 3 fully saturated rings. The van der Waals surface area contributed by atoms with Gasteiger partial charge in [0.2, 0.25) is 5.79 Å². The average molecular weight is 506 g/mol. The van der Waals surface area contributed by atoms with Crippen LogP contribution in [-0.2, 0) is 24.0 Å². The Morgan fingerprint density at radius 3 is 1.83 bits per heavy atom. The quantitative estimate of drug-likeness (QED) is 0.513. The van der Waals surface area contributed by atoms with Gasteiger partial charge >= 0.3 is 6.09 Å². The summed E-state index contributed by atoms with van der Waals surface area (Å²) in [6, 6.07) is 26.4. The summed E-state index contributed by atoms with van der Waals surface area (Å²) in [6.07, 6.45) is -0.596. The van der Waals surface area contributed by atoms with Crippen molar-refractivity contribution in [1.82, 2.24) is 4.90 Å². The molecule has 8 heteroatoms. The molecule has 0 radical (unpaired) electrons. The Morgan fingerprint density at radius 1 is 0.833 bits per heavy atom. The second-order valence-electron chi connectivity index (χ2n) is 9.44. The number of hydrogen-bond donors (Lipinski definition) is 0. The van der Waals surface area contributed by atoms with Gasteiger partial charge in [0.25, 0.3) is 0 Å². The van der Waals surface area contributed by atoms with E-state index in [1.54, 1.807) is 30.3 Å². The minimum Gasteiger partial charge on any atom is -0.453 e. The maximum Gasteiger partial charge on any atom is 0.410 e. The fraction of sp³-hybridized carbons (Fsp3) is 0.321. The van der Waals surface area contributed by atoms with E-state index in [-0.39, 0.29) is 4.90 Å². The summed E-state index contributed by atoms with van der Waals surface area (Å²) in [5.74, 6) is -1.55. The molecule has 3 aromatic rings. The molecule has 3 aliphatic heterocycles. The molecule has 3 aliphatic rings. The van der Waals surface area contributed by atoms with Crippen LogP contribution in [0, 0.1) is 0 Å². The van der Waals surface area contributed by atoms with Crippen LogP contribution in [0.3, 0.4) is 0 Å². The molecule has 0 saturated carbocycles. The van der Waals surface area contributed by atoms with Crippen LogP contribution in [0.5, 0.6) is 0 Å². The zero-order chi connectivity index (χ0) is 24.9. The van der Waals surface area contributed by atoms with Gasteiger partial charge in [-0.2, -0.15) is 0 Å². The van der Waals surface area contributed by atoms with Crippen molar-refractivity contribution < 1.29 is 27.4 Å². The first kappa shape index (κ1) is 23.2. The number of ether oxygens (including phenoxy) is 3. The number of fused-ring (bicyclic) bond motifs is 3. The number of benzene rings is 3. The molecule has 3 heterocycles. The van der Waals surface area contributed by atoms with E-state index in [0.29, 0.717) is 12.8 Å². The van der Waals surface area contributed by atoms with E-state index >= 15 is 0 Å². The molecule has 186 valence electrons. The number of carbonyl (C=O) groups is 1. The van der Waals surface area contributed by atoms with Gasteiger partial charge in [-0.25, -0.2) is 13.2 Å². The summed E-state index contributed by atoms with van der Waals surface area (Å²) in [4.78, 5) is 14.6. The fourth-order valence-corrected chi connectivity index (χ4v) is 8.36. The molecule has 36 heavy (non-hydrogen) atoms. The third-order valence-electron chi connectivity index (χ3n) is 7.58. The lowest BCUT2D eigenvalue weighted by atomic mass is 9.93. The number of nitrogens with zero attached hydrogens (tertiary/aromatic N) is 1. The van der Waals surface area contributed by atoms with Crippen molar-refractivity contribution in [2.24, 2.45) is 0 Å². The van der Waals surface area contributed by atoms with Crippen molar-refractivity contribution in [1.29, 1.82) is 0 Å². The molecular weight excluding hydrogens is 478 g/mol. The monoisotopic (exact) mass is 505 g/mol. The molecule has 3 saturated heterocycles. The van der Waals surface area contributed by atoms with E-state index in [1.807, 2.05) is 60.7 Å². The standard InChI is InChI=1S/C28H27NO6S/c1-33-27(30)29-22-17-18-23(29)28(26(22)36(31,32)21-15-9-4-10-16-21)34-24(19-11-5-2-6-12-19)25(35-28)20-13-7-3-8-14-20/h2-16,22-26H,17-18H2,1H3/t22-,23+,24+,25+,26+/m0/s1. The van der Waals surface area contributed by atoms with E-state index in [1.165, 1.54) is 12.0 Å². The minimum atomic E-state index is -3.95. The van der Waals surface area contributed by atoms with E-state index in [0.717, 1.165) is 11.1 Å². The third-order valence-corrected chi connectivity index (χ3v) is 9.82. The number of hydrogen-bond acceptors (Lipinski definition) is 6. The number of sulfone groups is 1. The minimum absolute atomic E-state index is 0.179. The lowest BCUT2D eigenvalue weighted by molar-refractivity contribution is -0.190. The summed E-state index contributed by atoms with van der Waals surface area (Å²) in [7, 11) is -2.64. The van der Waals surface area contributed by atoms with Gasteiger partial charge in [0.1, 0.15) is 17.5 Å². The highest BCUT2D eigenvalue weighted by atomic mass is 32.2. The summed E-state index contributed by atoms with van der Waals surface area (Å²) < 4.78 is 47.1. The molecule has 7 nitrogen and oxygen atoms in total. The first-order valence-corrected chi connectivity index (χ1v) is 13.6. The Morgan fingerprint density at radius 2 is 1.33 bits per heavy atom. The van der Waals surface area contributed by atoms with Crippen LogP contribution < -0.4 is 0 Å². The third kappa shape index (κ3) is 3.39. The molecule has 0 unspecified atom stereocenters. The maximum atomic E-state index is 14.2. The number of rotatable bonds is 4. The summed E-state index contributed by atoms with van der Waals surface area (Å²) in [5, 5.41) is -1.11. The fourth-order valence-electron chi connectivity index (χ4n) is 6.15. The average Bonchev–Trinajstić information content (AvgIpc) is 3.60. The Bertz CT molecular complexity index is 1300. The normalized spacial score (nSPS) is 28.5. The van der Waals surface area contributed by atoms with Crippen LogP contribution in [0.2, 0.25) is 0 Å². The van der Waals surface area contributed by atoms with E-state index in [2.05, 4.69) is 0 Å². The smallest absolute Gasteiger partial charge is 0.410 e. The van der Waals surface area contributed by atoms with Crippen LogP contribution in [0.1, 0.15) is 36.2 Å². The molecule has 0 aliphatic carbocycles. The van der Waals surface area contributed by atoms with Crippen LogP contribution in [0.4, 0.5) is 4.79 Å². The van der Waals surface area contributed by atoms with Gasteiger partial charge in [-0.1, -0.05) is 78.9 Å². The van der Waals surface area contributed by atoms with E-state index in [4.69, 9.17) is 14.2 Å². The summed E-state index contributed by atoms with van der Waals surface area (Å²) in [5.41, 5.74) is 1.76. The Labute approximate surface area is 210 Å². The topological polar surface area (TPSA) is 82.1 Å². The van der Waals surface area contributed by atoms with Gasteiger partial charge < -0.3 is 14.2 Å². The molecule has 6 rings (SSSR count). The summed E-state index contributed by atoms with van der Waals surface area (Å²) in [6.45, 7) is 0. The molecular formula is C28H27NO6S. The Balaban J connectivity index is 1.52. The van der Waals surface area contributed by atoms with E-state index in [9.17, 15) is 13.2 Å². The highest BCUT2D eigenvalue weighted by molar-refractivity contribution is 7.92. The largest absolute Gasteiger partial charge is 0.453 e. The van der Waals surface area contributed by atoms with Crippen molar-refractivity contribution in [2.75, 3.05) is 7.11 Å². The molecule has 1 spiro atoms. The van der Waals surface area contributed by atoms with Gasteiger partial charge in [-0.05, 0) is 36.1 Å². The second kappa shape index (κ2) is 8.73. The Hall–Kier alpha value is -3.20. The highest BCUT2D eigenvalue weighted by Crippen LogP contribution is 2.60. The molecule has 0 N–H and O–H groups in total. The SMILES string of the molecule is COC(=O)N1[C@H]2CC[C@@H]1C1(O[C@H](c3ccccc3)[C@@H](c3ccccc3)O1)[C@@H]2S(=O)(=O)c1ccccc1. The zero-order valence-electron chi connectivity index (χ0n) is 19.8. The molecule has 1 amide bonds. The van der Waals surface area contributed by atoms with Gasteiger partial charge in [0.15, 0.2) is 9.84 Å². The summed E-state index contributed by atoms with van der Waals surface area (Å²) >= 11 is 0. The number of methoxy groups -OCH3 is 1. The molecule has 5 atom stereocenters. The van der Waals surface area contributed by atoms with Crippen LogP contribution in [-0.4, -0.2) is 49.6 Å². The van der Waals surface area contributed by atoms with Gasteiger partial charge in [0.05, 0.1) is 24.1 Å². The van der Waals surface area contributed by atoms with Crippen LogP contribution >= 0.6 is 0 Å². The second-order valence-corrected chi connectivity index (χ2v) is 11.5. The lowest BCUT2D eigenvalue weighted by Gasteiger charge is -2.37. The first-order chi connectivity index (χ1) is 17.5. The molecule has 3 aromatic carbocycles. The lowest BCUT2D eigenvalue weighted by Crippen LogP contribution is -2.55. The van der Waals surface area contributed by atoms with Crippen molar-refractivity contribution in [3.63, 3.8) is 0 Å². The highest BCUT2D eigenvalue weighted by Gasteiger charge is 2.74. The van der Waals surface area contributed by atoms with Gasteiger partial charge in [0, 0.05) is 0 Å². The van der Waals surface area contributed by atoms with Crippen molar-refractivity contribution in [2.45, 2.75) is 53.1 Å². The molecule has 0 aromatic heterocycles. The zero-order valence-corrected chi connectivity index (χ0v) is 20.6. The molecule has 2 bridgehead atoms. The Kier molecular flexibility index (Phi) is 5.63. The van der Waals surface area contributed by atoms with E-state index < -0.39 is 51.3 Å². The first-order valence-electron chi connectivity index (χ1n) is 12.1. The maximum absolute atomic E-state index is 14.2.